The minimum Gasteiger partial charge on any atom is -0.481 e. The summed E-state index contributed by atoms with van der Waals surface area (Å²) in [7, 11) is 0. The van der Waals surface area contributed by atoms with Crippen molar-refractivity contribution in [3.63, 3.8) is 0 Å². The maximum Gasteiger partial charge on any atom is 0.573 e. The Balaban J connectivity index is 2.44. The van der Waals surface area contributed by atoms with Crippen LogP contribution in [0, 0.1) is 5.41 Å². The second-order valence-electron chi connectivity index (χ2n) is 6.55. The van der Waals surface area contributed by atoms with Crippen molar-refractivity contribution in [1.29, 1.82) is 0 Å². The Hall–Kier alpha value is -1.76. The van der Waals surface area contributed by atoms with Crippen LogP contribution in [0.5, 0.6) is 5.75 Å². The van der Waals surface area contributed by atoms with Gasteiger partial charge in [-0.25, -0.2) is 0 Å². The van der Waals surface area contributed by atoms with Crippen LogP contribution in [0.1, 0.15) is 44.6 Å². The molecule has 1 aromatic rings. The topological polar surface area (TPSA) is 66.8 Å². The number of alkyl halides is 3. The zero-order valence-corrected chi connectivity index (χ0v) is 12.9. The molecule has 0 aromatic heterocycles. The number of carbonyl (C=O) groups is 1. The van der Waals surface area contributed by atoms with Gasteiger partial charge in [-0.1, -0.05) is 26.0 Å². The van der Waals surface area contributed by atoms with Crippen molar-refractivity contribution in [3.05, 3.63) is 29.8 Å². The summed E-state index contributed by atoms with van der Waals surface area (Å²) < 4.78 is 40.9. The number of ether oxygens (including phenoxy) is 1. The lowest BCUT2D eigenvalue weighted by molar-refractivity contribution is -0.274. The zero-order chi connectivity index (χ0) is 17.5. The van der Waals surface area contributed by atoms with Gasteiger partial charge in [-0.3, -0.25) is 4.79 Å². The van der Waals surface area contributed by atoms with E-state index in [1.165, 1.54) is 12.1 Å². The largest absolute Gasteiger partial charge is 0.573 e. The quantitative estimate of drug-likeness (QED) is 0.882. The molecule has 4 nitrogen and oxygen atoms in total. The first-order valence-electron chi connectivity index (χ1n) is 7.27. The van der Waals surface area contributed by atoms with Crippen LogP contribution >= 0.6 is 0 Å². The number of aliphatic hydroxyl groups is 1. The Morgan fingerprint density at radius 1 is 1.30 bits per heavy atom. The molecule has 0 saturated heterocycles. The van der Waals surface area contributed by atoms with E-state index in [2.05, 4.69) is 4.74 Å². The number of halogens is 3. The minimum absolute atomic E-state index is 0.0942. The van der Waals surface area contributed by atoms with Crippen LogP contribution in [-0.4, -0.2) is 28.1 Å². The van der Waals surface area contributed by atoms with Crippen LogP contribution < -0.4 is 4.74 Å². The lowest BCUT2D eigenvalue weighted by Crippen LogP contribution is -2.48. The third kappa shape index (κ3) is 3.44. The van der Waals surface area contributed by atoms with Crippen LogP contribution in [0.4, 0.5) is 13.2 Å². The van der Waals surface area contributed by atoms with Gasteiger partial charge in [0.25, 0.3) is 0 Å². The van der Waals surface area contributed by atoms with Crippen molar-refractivity contribution >= 4 is 5.97 Å². The SMILES string of the molecule is CC1(C)CCCC1(O)C(C(=O)O)c1cccc(OC(F)(F)F)c1. The minimum atomic E-state index is -4.86. The highest BCUT2D eigenvalue weighted by Gasteiger charge is 2.55. The van der Waals surface area contributed by atoms with Crippen LogP contribution in [-0.2, 0) is 4.79 Å². The molecular weight excluding hydrogens is 313 g/mol. The number of aliphatic carboxylic acids is 1. The second kappa shape index (κ2) is 5.70. The highest BCUT2D eigenvalue weighted by molar-refractivity contribution is 5.78. The fourth-order valence-electron chi connectivity index (χ4n) is 3.40. The Kier molecular flexibility index (Phi) is 4.36. The van der Waals surface area contributed by atoms with E-state index in [-0.39, 0.29) is 12.0 Å². The van der Waals surface area contributed by atoms with Crippen molar-refractivity contribution in [2.45, 2.75) is 51.0 Å². The van der Waals surface area contributed by atoms with E-state index < -0.39 is 35.0 Å². The standard InChI is InChI=1S/C16H19F3O4/c1-14(2)7-4-8-15(14,22)12(13(20)21)10-5-3-6-11(9-10)23-16(17,18)19/h3,5-6,9,12,22H,4,7-8H2,1-2H3,(H,20,21). The molecule has 7 heteroatoms. The third-order valence-corrected chi connectivity index (χ3v) is 4.68. The molecule has 1 fully saturated rings. The van der Waals surface area contributed by atoms with Gasteiger partial charge in [-0.2, -0.15) is 0 Å². The molecular formula is C16H19F3O4. The number of carboxylic acid groups (broad SMARTS) is 1. The van der Waals surface area contributed by atoms with E-state index >= 15 is 0 Å². The van der Waals surface area contributed by atoms with E-state index in [0.29, 0.717) is 12.8 Å². The molecule has 0 aliphatic heterocycles. The summed E-state index contributed by atoms with van der Waals surface area (Å²) in [5, 5.41) is 20.6. The molecule has 0 heterocycles. The Morgan fingerprint density at radius 3 is 2.43 bits per heavy atom. The Morgan fingerprint density at radius 2 is 1.96 bits per heavy atom. The van der Waals surface area contributed by atoms with Gasteiger partial charge in [0.2, 0.25) is 0 Å². The molecule has 0 bridgehead atoms. The summed E-state index contributed by atoms with van der Waals surface area (Å²) in [6.45, 7) is 3.54. The Bertz CT molecular complexity index is 597. The second-order valence-corrected chi connectivity index (χ2v) is 6.55. The maximum absolute atomic E-state index is 12.3. The number of hydrogen-bond acceptors (Lipinski definition) is 3. The van der Waals surface area contributed by atoms with E-state index in [4.69, 9.17) is 0 Å². The van der Waals surface area contributed by atoms with Gasteiger partial charge in [0, 0.05) is 0 Å². The molecule has 2 rings (SSSR count). The summed E-state index contributed by atoms with van der Waals surface area (Å²) in [6.07, 6.45) is -3.28. The predicted molar refractivity (Wildman–Crippen MR) is 76.1 cm³/mol. The molecule has 0 spiro atoms. The van der Waals surface area contributed by atoms with Crippen molar-refractivity contribution in [2.75, 3.05) is 0 Å². The summed E-state index contributed by atoms with van der Waals surface area (Å²) >= 11 is 0. The van der Waals surface area contributed by atoms with E-state index in [0.717, 1.165) is 12.1 Å². The maximum atomic E-state index is 12.3. The molecule has 0 radical (unpaired) electrons. The third-order valence-electron chi connectivity index (χ3n) is 4.68. The first kappa shape index (κ1) is 17.6. The first-order valence-corrected chi connectivity index (χ1v) is 7.27. The van der Waals surface area contributed by atoms with Crippen molar-refractivity contribution in [1.82, 2.24) is 0 Å². The van der Waals surface area contributed by atoms with Gasteiger partial charge in [0.05, 0.1) is 5.60 Å². The van der Waals surface area contributed by atoms with Crippen molar-refractivity contribution in [2.24, 2.45) is 5.41 Å². The van der Waals surface area contributed by atoms with Gasteiger partial charge in [0.1, 0.15) is 11.7 Å². The van der Waals surface area contributed by atoms with E-state index in [9.17, 15) is 28.2 Å². The number of benzene rings is 1. The lowest BCUT2D eigenvalue weighted by Gasteiger charge is -2.41. The summed E-state index contributed by atoms with van der Waals surface area (Å²) in [5.74, 6) is -3.09. The fourth-order valence-corrected chi connectivity index (χ4v) is 3.40. The predicted octanol–water partition coefficient (Wildman–Crippen LogP) is 3.69. The van der Waals surface area contributed by atoms with Gasteiger partial charge in [0.15, 0.2) is 0 Å². The van der Waals surface area contributed by atoms with Crippen LogP contribution in [0.25, 0.3) is 0 Å². The summed E-state index contributed by atoms with van der Waals surface area (Å²) in [4.78, 5) is 11.8. The molecule has 2 unspecified atom stereocenters. The molecule has 2 N–H and O–H groups in total. The molecule has 0 amide bonds. The van der Waals surface area contributed by atoms with E-state index in [1.807, 2.05) is 0 Å². The highest BCUT2D eigenvalue weighted by Crippen LogP contribution is 2.53. The molecule has 1 saturated carbocycles. The fraction of sp³-hybridized carbons (Fsp3) is 0.562. The van der Waals surface area contributed by atoms with Gasteiger partial charge < -0.3 is 14.9 Å². The molecule has 1 aromatic carbocycles. The van der Waals surface area contributed by atoms with E-state index in [1.54, 1.807) is 13.8 Å². The summed E-state index contributed by atoms with van der Waals surface area (Å²) in [5.41, 5.74) is -2.09. The highest BCUT2D eigenvalue weighted by atomic mass is 19.4. The smallest absolute Gasteiger partial charge is 0.481 e. The van der Waals surface area contributed by atoms with Crippen LogP contribution in [0.15, 0.2) is 24.3 Å². The summed E-state index contributed by atoms with van der Waals surface area (Å²) in [6, 6.07) is 4.81. The normalized spacial score (nSPS) is 25.1. The molecule has 128 valence electrons. The first-order chi connectivity index (χ1) is 10.5. The molecule has 1 aliphatic rings. The van der Waals surface area contributed by atoms with Gasteiger partial charge in [-0.05, 0) is 42.4 Å². The molecule has 2 atom stereocenters. The van der Waals surface area contributed by atoms with Crippen molar-refractivity contribution in [3.8, 4) is 5.75 Å². The lowest BCUT2D eigenvalue weighted by atomic mass is 9.68. The number of hydrogen-bond donors (Lipinski definition) is 2. The number of rotatable bonds is 4. The average molecular weight is 332 g/mol. The van der Waals surface area contributed by atoms with Crippen LogP contribution in [0.2, 0.25) is 0 Å². The number of carboxylic acids is 1. The molecule has 23 heavy (non-hydrogen) atoms. The van der Waals surface area contributed by atoms with Gasteiger partial charge >= 0.3 is 12.3 Å². The van der Waals surface area contributed by atoms with Crippen LogP contribution in [0.3, 0.4) is 0 Å². The monoisotopic (exact) mass is 332 g/mol. The van der Waals surface area contributed by atoms with Crippen molar-refractivity contribution < 1.29 is 32.9 Å². The van der Waals surface area contributed by atoms with Gasteiger partial charge in [-0.15, -0.1) is 13.2 Å². The zero-order valence-electron chi connectivity index (χ0n) is 12.9. The average Bonchev–Trinajstić information content (AvgIpc) is 2.61. The Labute approximate surface area is 131 Å². The molecule has 1 aliphatic carbocycles.